The first-order valence-electron chi connectivity index (χ1n) is 8.91. The Kier molecular flexibility index (Phi) is 3.40. The Bertz CT molecular complexity index is 578. The third-order valence-corrected chi connectivity index (χ3v) is 8.73. The fourth-order valence-electron chi connectivity index (χ4n) is 6.12. The number of aliphatic hydroxyl groups excluding tert-OH is 2. The van der Waals surface area contributed by atoms with Crippen molar-refractivity contribution in [1.29, 1.82) is 0 Å². The molecule has 0 bridgehead atoms. The predicted octanol–water partition coefficient (Wildman–Crippen LogP) is 2.60. The van der Waals surface area contributed by atoms with E-state index < -0.39 is 6.10 Å². The Balaban J connectivity index is 1.78. The van der Waals surface area contributed by atoms with Gasteiger partial charge in [0.25, 0.3) is 0 Å². The number of allylic oxidation sites excluding steroid dienone is 3. The molecule has 9 atom stereocenters. The average molecular weight is 338 g/mol. The van der Waals surface area contributed by atoms with Crippen molar-refractivity contribution < 1.29 is 10.2 Å². The maximum atomic E-state index is 10.4. The average Bonchev–Trinajstić information content (AvgIpc) is 2.73. The van der Waals surface area contributed by atoms with Crippen molar-refractivity contribution in [2.24, 2.45) is 34.3 Å². The largest absolute Gasteiger partial charge is 0.391 e. The van der Waals surface area contributed by atoms with Crippen LogP contribution in [-0.2, 0) is 0 Å². The summed E-state index contributed by atoms with van der Waals surface area (Å²) in [6.07, 6.45) is 11.2. The van der Waals surface area contributed by atoms with Crippen LogP contribution in [0.5, 0.6) is 0 Å². The third-order valence-electron chi connectivity index (χ3n) is 7.88. The Morgan fingerprint density at radius 2 is 1.83 bits per heavy atom. The van der Waals surface area contributed by atoms with E-state index in [4.69, 9.17) is 17.3 Å². The third kappa shape index (κ3) is 1.88. The zero-order valence-electron chi connectivity index (χ0n) is 14.0. The Morgan fingerprint density at radius 3 is 2.57 bits per heavy atom. The Hall–Kier alpha value is -0.350. The van der Waals surface area contributed by atoms with Gasteiger partial charge in [-0.3, -0.25) is 0 Å². The van der Waals surface area contributed by atoms with Crippen molar-refractivity contribution in [3.63, 3.8) is 0 Å². The summed E-state index contributed by atoms with van der Waals surface area (Å²) in [5, 5.41) is 20.3. The topological polar surface area (TPSA) is 66.5 Å². The van der Waals surface area contributed by atoms with Crippen molar-refractivity contribution in [3.05, 3.63) is 24.3 Å². The molecule has 4 rings (SSSR count). The van der Waals surface area contributed by atoms with E-state index in [1.54, 1.807) is 0 Å². The summed E-state index contributed by atoms with van der Waals surface area (Å²) in [4.78, 5) is -0.350. The maximum Gasteiger partial charge on any atom is 0.0727 e. The molecule has 0 amide bonds. The van der Waals surface area contributed by atoms with Gasteiger partial charge in [-0.25, -0.2) is 0 Å². The molecule has 3 nitrogen and oxygen atoms in total. The summed E-state index contributed by atoms with van der Waals surface area (Å²) in [5.41, 5.74) is 6.17. The van der Waals surface area contributed by atoms with Crippen LogP contribution in [0, 0.1) is 28.6 Å². The second-order valence-corrected chi connectivity index (χ2v) is 9.44. The molecule has 2 saturated carbocycles. The molecule has 4 N–H and O–H groups in total. The minimum absolute atomic E-state index is 0.0338. The number of fused-ring (bicyclic) bond motifs is 5. The van der Waals surface area contributed by atoms with Crippen molar-refractivity contribution in [3.8, 4) is 0 Å². The molecule has 4 aliphatic rings. The number of rotatable bonds is 0. The molecule has 2 fully saturated rings. The smallest absolute Gasteiger partial charge is 0.0727 e. The van der Waals surface area contributed by atoms with Crippen LogP contribution in [0.4, 0.5) is 0 Å². The molecule has 0 saturated heterocycles. The zero-order chi connectivity index (χ0) is 16.6. The first-order chi connectivity index (χ1) is 10.7. The second kappa shape index (κ2) is 4.85. The lowest BCUT2D eigenvalue weighted by atomic mass is 9.48. The lowest BCUT2D eigenvalue weighted by Gasteiger charge is -2.61. The van der Waals surface area contributed by atoms with Gasteiger partial charge in [-0.1, -0.05) is 38.2 Å². The SMILES string of the molecule is C[C@]12CC[C@@]3(Cl)[C@@H](C=CC4C[C@H](O)C=C[C@@]43C)[C@@H]1C[C@@H](O)[C@@H]2N. The molecule has 0 aromatic heterocycles. The molecule has 4 heteroatoms. The van der Waals surface area contributed by atoms with E-state index in [1.807, 2.05) is 6.08 Å². The molecule has 0 spiro atoms. The minimum atomic E-state index is -0.424. The van der Waals surface area contributed by atoms with Crippen molar-refractivity contribution in [1.82, 2.24) is 0 Å². The highest BCUT2D eigenvalue weighted by Crippen LogP contribution is 2.67. The molecule has 1 unspecified atom stereocenters. The van der Waals surface area contributed by atoms with Crippen molar-refractivity contribution in [2.45, 2.75) is 62.7 Å². The second-order valence-electron chi connectivity index (χ2n) is 8.77. The van der Waals surface area contributed by atoms with Crippen LogP contribution in [0.2, 0.25) is 0 Å². The van der Waals surface area contributed by atoms with E-state index in [9.17, 15) is 10.2 Å². The van der Waals surface area contributed by atoms with Crippen LogP contribution < -0.4 is 5.73 Å². The number of halogens is 1. The van der Waals surface area contributed by atoms with Crippen molar-refractivity contribution in [2.75, 3.05) is 0 Å². The lowest BCUT2D eigenvalue weighted by Crippen LogP contribution is -2.61. The molecule has 0 aromatic carbocycles. The molecule has 128 valence electrons. The van der Waals surface area contributed by atoms with Gasteiger partial charge in [0.2, 0.25) is 0 Å². The van der Waals surface area contributed by atoms with E-state index >= 15 is 0 Å². The Morgan fingerprint density at radius 1 is 1.09 bits per heavy atom. The quantitative estimate of drug-likeness (QED) is 0.470. The highest BCUT2D eigenvalue weighted by molar-refractivity contribution is 6.25. The van der Waals surface area contributed by atoms with Crippen LogP contribution in [0.3, 0.4) is 0 Å². The fraction of sp³-hybridized carbons (Fsp3) is 0.789. The van der Waals surface area contributed by atoms with Gasteiger partial charge in [-0.15, -0.1) is 11.6 Å². The normalized spacial score (nSPS) is 61.0. The summed E-state index contributed by atoms with van der Waals surface area (Å²) < 4.78 is 0. The van der Waals surface area contributed by atoms with Gasteiger partial charge in [-0.05, 0) is 42.9 Å². The molecule has 4 aliphatic carbocycles. The van der Waals surface area contributed by atoms with Crippen LogP contribution in [0.15, 0.2) is 24.3 Å². The summed E-state index contributed by atoms with van der Waals surface area (Å²) in [7, 11) is 0. The predicted molar refractivity (Wildman–Crippen MR) is 92.0 cm³/mol. The summed E-state index contributed by atoms with van der Waals surface area (Å²) >= 11 is 7.36. The highest BCUT2D eigenvalue weighted by atomic mass is 35.5. The molecule has 0 aliphatic heterocycles. The lowest BCUT2D eigenvalue weighted by molar-refractivity contribution is -0.00563. The maximum absolute atomic E-state index is 10.4. The van der Waals surface area contributed by atoms with Crippen LogP contribution in [0.1, 0.15) is 39.5 Å². The van der Waals surface area contributed by atoms with E-state index in [2.05, 4.69) is 32.1 Å². The number of nitrogens with two attached hydrogens (primary N) is 1. The van der Waals surface area contributed by atoms with Gasteiger partial charge in [0.15, 0.2) is 0 Å². The Labute approximate surface area is 143 Å². The first-order valence-corrected chi connectivity index (χ1v) is 9.28. The number of hydrogen-bond acceptors (Lipinski definition) is 3. The molecule has 0 radical (unpaired) electrons. The van der Waals surface area contributed by atoms with Gasteiger partial charge in [0, 0.05) is 17.4 Å². The van der Waals surface area contributed by atoms with E-state index in [0.29, 0.717) is 5.92 Å². The summed E-state index contributed by atoms with van der Waals surface area (Å²) in [6, 6.07) is -0.156. The molecule has 0 aromatic rings. The van der Waals surface area contributed by atoms with E-state index in [0.717, 1.165) is 25.7 Å². The number of hydrogen-bond donors (Lipinski definition) is 3. The van der Waals surface area contributed by atoms with Crippen LogP contribution in [-0.4, -0.2) is 33.3 Å². The number of aliphatic hydroxyl groups is 2. The highest BCUT2D eigenvalue weighted by Gasteiger charge is 2.66. The fourth-order valence-corrected chi connectivity index (χ4v) is 6.64. The molecule has 23 heavy (non-hydrogen) atoms. The monoisotopic (exact) mass is 337 g/mol. The minimum Gasteiger partial charge on any atom is -0.391 e. The summed E-state index contributed by atoms with van der Waals surface area (Å²) in [5.74, 6) is 0.834. The molecular formula is C19H28ClNO2. The summed E-state index contributed by atoms with van der Waals surface area (Å²) in [6.45, 7) is 4.48. The zero-order valence-corrected chi connectivity index (χ0v) is 14.7. The molecule has 0 heterocycles. The van der Waals surface area contributed by atoms with Gasteiger partial charge in [-0.2, -0.15) is 0 Å². The first kappa shape index (κ1) is 16.1. The van der Waals surface area contributed by atoms with E-state index in [1.165, 1.54) is 0 Å². The van der Waals surface area contributed by atoms with E-state index in [-0.39, 0.29) is 39.7 Å². The van der Waals surface area contributed by atoms with Crippen LogP contribution in [0.25, 0.3) is 0 Å². The van der Waals surface area contributed by atoms with Crippen LogP contribution >= 0.6 is 11.6 Å². The standard InChI is InChI=1S/C19H28ClNO2/c1-17-7-8-19(20)13(14(17)10-15(23)16(17)21)4-3-11-9-12(22)5-6-18(11,19)2/h3-6,11-16,22-23H,7-10,21H2,1-2H3/t11?,12-,13+,14+,15-,16+,17+,18+,19-/m1/s1. The molecular weight excluding hydrogens is 310 g/mol. The van der Waals surface area contributed by atoms with Gasteiger partial charge >= 0.3 is 0 Å². The van der Waals surface area contributed by atoms with Gasteiger partial charge < -0.3 is 15.9 Å². The van der Waals surface area contributed by atoms with Gasteiger partial charge in [0.05, 0.1) is 17.1 Å². The van der Waals surface area contributed by atoms with Gasteiger partial charge in [0.1, 0.15) is 0 Å². The van der Waals surface area contributed by atoms with Crippen molar-refractivity contribution >= 4 is 11.6 Å². The number of alkyl halides is 1.